The van der Waals surface area contributed by atoms with Crippen LogP contribution in [0.25, 0.3) is 0 Å². The van der Waals surface area contributed by atoms with Crippen molar-refractivity contribution in [2.24, 2.45) is 0 Å². The fraction of sp³-hybridized carbons (Fsp3) is 0.182. The average molecular weight is 262 g/mol. The fourth-order valence-electron chi connectivity index (χ4n) is 1.53. The normalized spacial score (nSPS) is 10.3. The van der Waals surface area contributed by atoms with E-state index in [9.17, 15) is 9.59 Å². The van der Waals surface area contributed by atoms with Gasteiger partial charge in [-0.3, -0.25) is 4.79 Å². The molecule has 98 valence electrons. The van der Waals surface area contributed by atoms with E-state index in [1.165, 1.54) is 16.8 Å². The Morgan fingerprint density at radius 3 is 2.42 bits per heavy atom. The van der Waals surface area contributed by atoms with E-state index in [2.05, 4.69) is 15.5 Å². The molecular formula is C11H10N4O4. The van der Waals surface area contributed by atoms with Crippen molar-refractivity contribution in [3.05, 3.63) is 41.2 Å². The number of rotatable bonds is 5. The smallest absolute Gasteiger partial charge is 0.335 e. The molecule has 0 atom stereocenters. The van der Waals surface area contributed by atoms with Crippen molar-refractivity contribution in [1.82, 2.24) is 20.2 Å². The van der Waals surface area contributed by atoms with E-state index in [-0.39, 0.29) is 24.4 Å². The minimum Gasteiger partial charge on any atom is -0.481 e. The Morgan fingerprint density at radius 1 is 1.16 bits per heavy atom. The summed E-state index contributed by atoms with van der Waals surface area (Å²) in [5.74, 6) is -1.77. The zero-order chi connectivity index (χ0) is 13.8. The molecule has 0 radical (unpaired) electrons. The molecule has 1 aromatic heterocycles. The number of nitrogens with zero attached hydrogens (tertiary/aromatic N) is 4. The summed E-state index contributed by atoms with van der Waals surface area (Å²) in [5.41, 5.74) is 0.968. The summed E-state index contributed by atoms with van der Waals surface area (Å²) in [4.78, 5) is 21.3. The summed E-state index contributed by atoms with van der Waals surface area (Å²) < 4.78 is 1.36. The van der Waals surface area contributed by atoms with Crippen LogP contribution in [0.4, 0.5) is 0 Å². The van der Waals surface area contributed by atoms with Gasteiger partial charge in [-0.15, -0.1) is 5.10 Å². The predicted molar refractivity (Wildman–Crippen MR) is 61.7 cm³/mol. The third-order valence-corrected chi connectivity index (χ3v) is 2.45. The molecule has 8 nitrogen and oxygen atoms in total. The molecular weight excluding hydrogens is 252 g/mol. The molecule has 0 aliphatic carbocycles. The Labute approximate surface area is 107 Å². The van der Waals surface area contributed by atoms with E-state index in [0.29, 0.717) is 0 Å². The molecule has 0 saturated heterocycles. The van der Waals surface area contributed by atoms with Crippen LogP contribution >= 0.6 is 0 Å². The highest BCUT2D eigenvalue weighted by atomic mass is 16.4. The van der Waals surface area contributed by atoms with Gasteiger partial charge in [-0.25, -0.2) is 9.48 Å². The lowest BCUT2D eigenvalue weighted by atomic mass is 10.1. The van der Waals surface area contributed by atoms with Gasteiger partial charge in [-0.2, -0.15) is 0 Å². The summed E-state index contributed by atoms with van der Waals surface area (Å²) in [6.45, 7) is 0.287. The van der Waals surface area contributed by atoms with E-state index in [4.69, 9.17) is 10.2 Å². The summed E-state index contributed by atoms with van der Waals surface area (Å²) in [6, 6.07) is 6.21. The third kappa shape index (κ3) is 3.12. The minimum atomic E-state index is -1.02. The van der Waals surface area contributed by atoms with Crippen molar-refractivity contribution in [1.29, 1.82) is 0 Å². The van der Waals surface area contributed by atoms with Crippen molar-refractivity contribution in [2.45, 2.75) is 13.0 Å². The predicted octanol–water partition coefficient (Wildman–Crippen LogP) is 0.0467. The van der Waals surface area contributed by atoms with Gasteiger partial charge in [-0.05, 0) is 28.1 Å². The maximum Gasteiger partial charge on any atom is 0.335 e. The molecule has 1 heterocycles. The Hall–Kier alpha value is -2.77. The lowest BCUT2D eigenvalue weighted by Crippen LogP contribution is -2.11. The van der Waals surface area contributed by atoms with Crippen LogP contribution in [-0.2, 0) is 17.8 Å². The minimum absolute atomic E-state index is 0.186. The summed E-state index contributed by atoms with van der Waals surface area (Å²) in [7, 11) is 0. The zero-order valence-electron chi connectivity index (χ0n) is 9.72. The first-order chi connectivity index (χ1) is 9.06. The number of hydrogen-bond donors (Lipinski definition) is 2. The van der Waals surface area contributed by atoms with Crippen LogP contribution < -0.4 is 0 Å². The van der Waals surface area contributed by atoms with Gasteiger partial charge in [0.1, 0.15) is 6.42 Å². The molecule has 0 saturated carbocycles. The first-order valence-electron chi connectivity index (χ1n) is 5.35. The molecule has 1 aromatic carbocycles. The molecule has 8 heteroatoms. The van der Waals surface area contributed by atoms with Gasteiger partial charge in [-0.1, -0.05) is 12.1 Å². The van der Waals surface area contributed by atoms with Crippen LogP contribution in [0.5, 0.6) is 0 Å². The molecule has 0 amide bonds. The third-order valence-electron chi connectivity index (χ3n) is 2.45. The maximum absolute atomic E-state index is 10.7. The van der Waals surface area contributed by atoms with Crippen molar-refractivity contribution in [3.63, 3.8) is 0 Å². The molecule has 0 fully saturated rings. The van der Waals surface area contributed by atoms with Gasteiger partial charge in [0.05, 0.1) is 12.1 Å². The second-order valence-electron chi connectivity index (χ2n) is 3.83. The largest absolute Gasteiger partial charge is 0.481 e. The van der Waals surface area contributed by atoms with Crippen LogP contribution in [0.15, 0.2) is 24.3 Å². The van der Waals surface area contributed by atoms with Gasteiger partial charge < -0.3 is 10.2 Å². The summed E-state index contributed by atoms with van der Waals surface area (Å²) in [6.07, 6.45) is -0.264. The van der Waals surface area contributed by atoms with E-state index in [0.717, 1.165) is 5.56 Å². The molecule has 0 bridgehead atoms. The Morgan fingerprint density at radius 2 is 1.84 bits per heavy atom. The highest BCUT2D eigenvalue weighted by Gasteiger charge is 2.11. The van der Waals surface area contributed by atoms with Crippen LogP contribution in [-0.4, -0.2) is 42.4 Å². The number of carboxylic acids is 2. The average Bonchev–Trinajstić information content (AvgIpc) is 2.76. The first-order valence-corrected chi connectivity index (χ1v) is 5.35. The van der Waals surface area contributed by atoms with Crippen molar-refractivity contribution >= 4 is 11.9 Å². The van der Waals surface area contributed by atoms with Gasteiger partial charge in [0, 0.05) is 0 Å². The van der Waals surface area contributed by atoms with Gasteiger partial charge in [0.2, 0.25) is 0 Å². The molecule has 2 rings (SSSR count). The maximum atomic E-state index is 10.7. The number of tetrazole rings is 1. The molecule has 0 aliphatic heterocycles. The van der Waals surface area contributed by atoms with E-state index in [1.54, 1.807) is 12.1 Å². The lowest BCUT2D eigenvalue weighted by molar-refractivity contribution is -0.136. The number of aromatic nitrogens is 4. The molecule has 0 spiro atoms. The van der Waals surface area contributed by atoms with Crippen LogP contribution in [0, 0.1) is 0 Å². The number of benzene rings is 1. The van der Waals surface area contributed by atoms with E-state index in [1.807, 2.05) is 0 Å². The number of carbonyl (C=O) groups is 2. The number of carboxylic acid groups (broad SMARTS) is 2. The van der Waals surface area contributed by atoms with Crippen molar-refractivity contribution in [2.75, 3.05) is 0 Å². The quantitative estimate of drug-likeness (QED) is 0.781. The fourth-order valence-corrected chi connectivity index (χ4v) is 1.53. The van der Waals surface area contributed by atoms with E-state index >= 15 is 0 Å². The van der Waals surface area contributed by atoms with Gasteiger partial charge in [0.25, 0.3) is 0 Å². The van der Waals surface area contributed by atoms with Gasteiger partial charge >= 0.3 is 11.9 Å². The second kappa shape index (κ2) is 5.25. The second-order valence-corrected chi connectivity index (χ2v) is 3.83. The SMILES string of the molecule is O=C(O)Cc1nnnn1Cc1ccc(C(=O)O)cc1. The van der Waals surface area contributed by atoms with Crippen molar-refractivity contribution < 1.29 is 19.8 Å². The summed E-state index contributed by atoms with van der Waals surface area (Å²) >= 11 is 0. The van der Waals surface area contributed by atoms with Crippen LogP contribution in [0.2, 0.25) is 0 Å². The van der Waals surface area contributed by atoms with Crippen molar-refractivity contribution in [3.8, 4) is 0 Å². The van der Waals surface area contributed by atoms with E-state index < -0.39 is 11.9 Å². The number of aromatic carboxylic acids is 1. The molecule has 0 aliphatic rings. The summed E-state index contributed by atoms with van der Waals surface area (Å²) in [5, 5.41) is 28.2. The van der Waals surface area contributed by atoms with Crippen LogP contribution in [0.3, 0.4) is 0 Å². The van der Waals surface area contributed by atoms with Gasteiger partial charge in [0.15, 0.2) is 5.82 Å². The zero-order valence-corrected chi connectivity index (χ0v) is 9.72. The van der Waals surface area contributed by atoms with Crippen LogP contribution in [0.1, 0.15) is 21.7 Å². The monoisotopic (exact) mass is 262 g/mol. The Kier molecular flexibility index (Phi) is 3.51. The highest BCUT2D eigenvalue weighted by molar-refractivity contribution is 5.87. The number of aliphatic carboxylic acids is 1. The molecule has 2 N–H and O–H groups in total. The first kappa shape index (κ1) is 12.7. The Bertz CT molecular complexity index is 605. The number of hydrogen-bond acceptors (Lipinski definition) is 5. The molecule has 2 aromatic rings. The Balaban J connectivity index is 2.15. The lowest BCUT2D eigenvalue weighted by Gasteiger charge is -2.03. The molecule has 19 heavy (non-hydrogen) atoms. The standard InChI is InChI=1S/C11H10N4O4/c16-10(17)5-9-12-13-14-15(9)6-7-1-3-8(4-2-7)11(18)19/h1-4H,5-6H2,(H,16,17)(H,18,19). The highest BCUT2D eigenvalue weighted by Crippen LogP contribution is 2.07. The molecule has 0 unspecified atom stereocenters. The topological polar surface area (TPSA) is 118 Å².